The minimum absolute atomic E-state index is 0.605. The van der Waals surface area contributed by atoms with Crippen molar-refractivity contribution in [1.29, 1.82) is 0 Å². The molecule has 0 amide bonds. The van der Waals surface area contributed by atoms with Crippen molar-refractivity contribution in [2.45, 2.75) is 27.2 Å². The molecule has 33 heavy (non-hydrogen) atoms. The van der Waals surface area contributed by atoms with Crippen LogP contribution in [0.15, 0.2) is 72.9 Å². The molecule has 0 atom stereocenters. The highest BCUT2D eigenvalue weighted by Gasteiger charge is 2.26. The number of benzene rings is 4. The van der Waals surface area contributed by atoms with Gasteiger partial charge in [-0.1, -0.05) is 56.3 Å². The lowest BCUT2D eigenvalue weighted by Crippen LogP contribution is -2.29. The summed E-state index contributed by atoms with van der Waals surface area (Å²) in [7, 11) is 2.19. The van der Waals surface area contributed by atoms with Crippen molar-refractivity contribution in [3.8, 4) is 0 Å². The van der Waals surface area contributed by atoms with Crippen LogP contribution in [0.25, 0.3) is 59.8 Å². The second kappa shape index (κ2) is 6.45. The molecule has 2 nitrogen and oxygen atoms in total. The fourth-order valence-corrected chi connectivity index (χ4v) is 6.23. The smallest absolute Gasteiger partial charge is 0.224 e. The van der Waals surface area contributed by atoms with Crippen LogP contribution < -0.4 is 4.57 Å². The molecule has 0 aliphatic heterocycles. The topological polar surface area (TPSA) is 8.29 Å². The van der Waals surface area contributed by atoms with E-state index in [1.807, 2.05) is 0 Å². The lowest BCUT2D eigenvalue weighted by molar-refractivity contribution is -0.643. The molecular formula is C31H27N2+. The maximum Gasteiger partial charge on any atom is 0.224 e. The first-order chi connectivity index (χ1) is 16.0. The Morgan fingerprint density at radius 2 is 1.55 bits per heavy atom. The fourth-order valence-electron chi connectivity index (χ4n) is 6.23. The molecule has 0 saturated carbocycles. The van der Waals surface area contributed by atoms with Crippen LogP contribution in [-0.4, -0.2) is 4.40 Å². The zero-order valence-electron chi connectivity index (χ0n) is 19.6. The number of fused-ring (bicyclic) bond motifs is 7. The van der Waals surface area contributed by atoms with Gasteiger partial charge < -0.3 is 4.40 Å². The van der Waals surface area contributed by atoms with Gasteiger partial charge in [0.15, 0.2) is 6.20 Å². The molecule has 7 rings (SSSR count). The molecular weight excluding hydrogens is 400 g/mol. The Balaban J connectivity index is 1.91. The van der Waals surface area contributed by atoms with Crippen LogP contribution in [-0.2, 0) is 13.5 Å². The van der Waals surface area contributed by atoms with E-state index in [0.29, 0.717) is 5.92 Å². The van der Waals surface area contributed by atoms with Crippen molar-refractivity contribution < 1.29 is 4.57 Å². The van der Waals surface area contributed by atoms with Crippen LogP contribution in [0.5, 0.6) is 0 Å². The lowest BCUT2D eigenvalue weighted by Gasteiger charge is -2.16. The monoisotopic (exact) mass is 427 g/mol. The number of aryl methyl sites for hydroxylation is 2. The second-order valence-corrected chi connectivity index (χ2v) is 10.1. The van der Waals surface area contributed by atoms with E-state index >= 15 is 0 Å². The number of hydrogen-bond donors (Lipinski definition) is 0. The van der Waals surface area contributed by atoms with E-state index in [1.54, 1.807) is 0 Å². The Morgan fingerprint density at radius 1 is 0.788 bits per heavy atom. The fraction of sp³-hybridized carbons (Fsp3) is 0.194. The zero-order chi connectivity index (χ0) is 22.4. The van der Waals surface area contributed by atoms with E-state index in [0.717, 1.165) is 6.42 Å². The summed E-state index contributed by atoms with van der Waals surface area (Å²) in [5.74, 6) is 0.605. The van der Waals surface area contributed by atoms with Crippen LogP contribution in [0.3, 0.4) is 0 Å². The molecule has 3 heterocycles. The maximum absolute atomic E-state index is 2.55. The van der Waals surface area contributed by atoms with Gasteiger partial charge in [0.1, 0.15) is 7.05 Å². The first-order valence-electron chi connectivity index (χ1n) is 11.9. The largest absolute Gasteiger partial charge is 0.307 e. The van der Waals surface area contributed by atoms with E-state index in [4.69, 9.17) is 0 Å². The average molecular weight is 428 g/mol. The molecule has 0 saturated heterocycles. The summed E-state index contributed by atoms with van der Waals surface area (Å²) in [5, 5.41) is 9.50. The van der Waals surface area contributed by atoms with Crippen LogP contribution in [0, 0.1) is 12.8 Å². The van der Waals surface area contributed by atoms with Crippen molar-refractivity contribution in [3.05, 3.63) is 84.1 Å². The molecule has 7 aromatic rings. The summed E-state index contributed by atoms with van der Waals surface area (Å²) in [6, 6.07) is 24.9. The molecule has 0 aliphatic carbocycles. The Bertz CT molecular complexity index is 1890. The minimum Gasteiger partial charge on any atom is -0.307 e. The lowest BCUT2D eigenvalue weighted by atomic mass is 9.92. The number of hydrogen-bond acceptors (Lipinski definition) is 0. The molecule has 0 unspecified atom stereocenters. The van der Waals surface area contributed by atoms with Gasteiger partial charge in [0.05, 0.1) is 27.3 Å². The van der Waals surface area contributed by atoms with Crippen molar-refractivity contribution in [1.82, 2.24) is 4.40 Å². The Hall–Kier alpha value is -3.65. The number of aromatic nitrogens is 2. The summed E-state index contributed by atoms with van der Waals surface area (Å²) in [6.45, 7) is 6.94. The zero-order valence-corrected chi connectivity index (χ0v) is 19.6. The van der Waals surface area contributed by atoms with Gasteiger partial charge in [0.25, 0.3) is 0 Å². The van der Waals surface area contributed by atoms with E-state index < -0.39 is 0 Å². The van der Waals surface area contributed by atoms with E-state index in [2.05, 4.69) is 110 Å². The molecule has 0 N–H and O–H groups in total. The molecule has 4 aromatic carbocycles. The van der Waals surface area contributed by atoms with E-state index in [9.17, 15) is 0 Å². The van der Waals surface area contributed by atoms with Gasteiger partial charge >= 0.3 is 0 Å². The predicted octanol–water partition coefficient (Wildman–Crippen LogP) is 7.47. The minimum atomic E-state index is 0.605. The molecule has 0 fully saturated rings. The second-order valence-electron chi connectivity index (χ2n) is 10.1. The van der Waals surface area contributed by atoms with Gasteiger partial charge in [-0.3, -0.25) is 0 Å². The van der Waals surface area contributed by atoms with Crippen molar-refractivity contribution in [2.75, 3.05) is 0 Å². The molecule has 0 aliphatic rings. The molecule has 0 radical (unpaired) electrons. The van der Waals surface area contributed by atoms with Gasteiger partial charge in [-0.15, -0.1) is 0 Å². The van der Waals surface area contributed by atoms with Gasteiger partial charge in [-0.05, 0) is 64.7 Å². The molecule has 160 valence electrons. The average Bonchev–Trinajstić information content (AvgIpc) is 3.16. The van der Waals surface area contributed by atoms with Crippen LogP contribution >= 0.6 is 0 Å². The maximum atomic E-state index is 2.55. The molecule has 2 heteroatoms. The third kappa shape index (κ3) is 2.36. The third-order valence-corrected chi connectivity index (χ3v) is 7.51. The molecule has 3 aromatic heterocycles. The number of nitrogens with zero attached hydrogens (tertiary/aromatic N) is 2. The summed E-state index contributed by atoms with van der Waals surface area (Å²) in [5.41, 5.74) is 8.13. The normalized spacial score (nSPS) is 12.6. The summed E-state index contributed by atoms with van der Waals surface area (Å²) >= 11 is 0. The quantitative estimate of drug-likeness (QED) is 0.154. The van der Waals surface area contributed by atoms with Crippen molar-refractivity contribution in [2.24, 2.45) is 13.0 Å². The van der Waals surface area contributed by atoms with Crippen LogP contribution in [0.4, 0.5) is 0 Å². The van der Waals surface area contributed by atoms with E-state index in [-0.39, 0.29) is 0 Å². The number of pyridine rings is 2. The van der Waals surface area contributed by atoms with Gasteiger partial charge in [-0.2, -0.15) is 0 Å². The number of para-hydroxylation sites is 1. The Labute approximate surface area is 193 Å². The van der Waals surface area contributed by atoms with Crippen LogP contribution in [0.1, 0.15) is 25.0 Å². The summed E-state index contributed by atoms with van der Waals surface area (Å²) < 4.78 is 4.88. The Kier molecular flexibility index (Phi) is 3.69. The third-order valence-electron chi connectivity index (χ3n) is 7.51. The Morgan fingerprint density at radius 3 is 2.36 bits per heavy atom. The predicted molar refractivity (Wildman–Crippen MR) is 141 cm³/mol. The first kappa shape index (κ1) is 18.9. The highest BCUT2D eigenvalue weighted by Crippen LogP contribution is 2.44. The SMILES string of the molecule is Cc1c2ccccc2cc2c1c1c3c(cc[n+]1C)cc(CC(C)C)c1c4ccccc4n2c13. The van der Waals surface area contributed by atoms with Gasteiger partial charge in [0.2, 0.25) is 5.52 Å². The standard InChI is InChI=1S/C31H27N2/c1-18(2)15-22-16-21-13-14-32(4)30-27-19(3)23-10-6-5-9-20(23)17-26(27)33-25-12-8-7-11-24(25)28(22)31(33)29(21)30/h5-14,16-18H,15H2,1-4H3/q+1. The van der Waals surface area contributed by atoms with Gasteiger partial charge in [0, 0.05) is 16.8 Å². The summed E-state index contributed by atoms with van der Waals surface area (Å²) in [4.78, 5) is 0. The van der Waals surface area contributed by atoms with Crippen molar-refractivity contribution >= 4 is 59.8 Å². The highest BCUT2D eigenvalue weighted by atomic mass is 15.0. The number of rotatable bonds is 2. The van der Waals surface area contributed by atoms with Crippen molar-refractivity contribution in [3.63, 3.8) is 0 Å². The van der Waals surface area contributed by atoms with Crippen LogP contribution in [0.2, 0.25) is 0 Å². The first-order valence-corrected chi connectivity index (χ1v) is 11.9. The summed E-state index contributed by atoms with van der Waals surface area (Å²) in [6.07, 6.45) is 3.32. The van der Waals surface area contributed by atoms with E-state index in [1.165, 1.54) is 70.9 Å². The molecule has 0 spiro atoms. The molecule has 0 bridgehead atoms. The van der Waals surface area contributed by atoms with Gasteiger partial charge in [-0.25, -0.2) is 4.57 Å². The highest BCUT2D eigenvalue weighted by molar-refractivity contribution is 6.29.